The molecule has 76 valence electrons. The molecule has 5 nitrogen and oxygen atoms in total. The monoisotopic (exact) mass is 222 g/mol. The molecule has 2 aromatic heterocycles. The van der Waals surface area contributed by atoms with Gasteiger partial charge in [0.15, 0.2) is 11.0 Å². The zero-order valence-corrected chi connectivity index (χ0v) is 8.32. The Kier molecular flexibility index (Phi) is 2.64. The second-order valence-corrected chi connectivity index (χ2v) is 3.09. The average molecular weight is 223 g/mol. The van der Waals surface area contributed by atoms with E-state index in [4.69, 9.17) is 11.6 Å². The second-order valence-electron chi connectivity index (χ2n) is 2.73. The van der Waals surface area contributed by atoms with Crippen molar-refractivity contribution in [2.24, 2.45) is 0 Å². The Hall–Kier alpha value is -1.88. The first-order valence-corrected chi connectivity index (χ1v) is 4.56. The number of aromatic nitrogens is 3. The van der Waals surface area contributed by atoms with Crippen LogP contribution in [0.15, 0.2) is 30.7 Å². The van der Waals surface area contributed by atoms with Crippen LogP contribution in [0.4, 0.5) is 5.82 Å². The molecule has 0 spiro atoms. The SMILES string of the molecule is O=C(Nc1nccnc1Cl)c1ccc[nH]1. The number of nitrogens with one attached hydrogen (secondary N) is 2. The first-order chi connectivity index (χ1) is 7.27. The Balaban J connectivity index is 2.17. The zero-order valence-electron chi connectivity index (χ0n) is 7.57. The number of carbonyl (C=O) groups excluding carboxylic acids is 1. The van der Waals surface area contributed by atoms with E-state index in [1.165, 1.54) is 12.4 Å². The largest absolute Gasteiger partial charge is 0.357 e. The van der Waals surface area contributed by atoms with Crippen LogP contribution in [0.5, 0.6) is 0 Å². The van der Waals surface area contributed by atoms with Crippen LogP contribution in [-0.4, -0.2) is 20.9 Å². The first kappa shape index (κ1) is 9.67. The van der Waals surface area contributed by atoms with E-state index in [-0.39, 0.29) is 16.9 Å². The van der Waals surface area contributed by atoms with Crippen LogP contribution in [0.1, 0.15) is 10.5 Å². The number of amides is 1. The van der Waals surface area contributed by atoms with Crippen molar-refractivity contribution in [3.8, 4) is 0 Å². The summed E-state index contributed by atoms with van der Waals surface area (Å²) in [6.07, 6.45) is 4.57. The number of carbonyl (C=O) groups is 1. The summed E-state index contributed by atoms with van der Waals surface area (Å²) in [6, 6.07) is 3.38. The fourth-order valence-electron chi connectivity index (χ4n) is 1.05. The van der Waals surface area contributed by atoms with Crippen molar-refractivity contribution in [3.05, 3.63) is 41.6 Å². The first-order valence-electron chi connectivity index (χ1n) is 4.18. The predicted molar refractivity (Wildman–Crippen MR) is 55.8 cm³/mol. The van der Waals surface area contributed by atoms with E-state index in [9.17, 15) is 4.79 Å². The number of rotatable bonds is 2. The summed E-state index contributed by atoms with van der Waals surface area (Å²) in [5.41, 5.74) is 0.441. The van der Waals surface area contributed by atoms with Gasteiger partial charge in [0.05, 0.1) is 0 Å². The van der Waals surface area contributed by atoms with Crippen molar-refractivity contribution in [2.45, 2.75) is 0 Å². The molecule has 15 heavy (non-hydrogen) atoms. The van der Waals surface area contributed by atoms with E-state index in [0.717, 1.165) is 0 Å². The number of hydrogen-bond acceptors (Lipinski definition) is 3. The number of nitrogens with zero attached hydrogens (tertiary/aromatic N) is 2. The van der Waals surface area contributed by atoms with Gasteiger partial charge in [-0.05, 0) is 12.1 Å². The molecule has 0 saturated carbocycles. The molecule has 0 bridgehead atoms. The lowest BCUT2D eigenvalue weighted by atomic mass is 10.4. The standard InChI is InChI=1S/C9H7ClN4O/c10-7-8(13-5-4-12-7)14-9(15)6-2-1-3-11-6/h1-5,11H,(H,13,14,15). The van der Waals surface area contributed by atoms with Crippen LogP contribution in [-0.2, 0) is 0 Å². The third kappa shape index (κ3) is 2.13. The van der Waals surface area contributed by atoms with Crippen LogP contribution in [0.3, 0.4) is 0 Å². The average Bonchev–Trinajstić information content (AvgIpc) is 2.74. The Morgan fingerprint density at radius 1 is 1.40 bits per heavy atom. The van der Waals surface area contributed by atoms with Gasteiger partial charge in [-0.15, -0.1) is 0 Å². The Labute approximate surface area is 90.5 Å². The molecule has 0 atom stereocenters. The number of H-pyrrole nitrogens is 1. The lowest BCUT2D eigenvalue weighted by Crippen LogP contribution is -2.13. The minimum atomic E-state index is -0.303. The molecule has 0 fully saturated rings. The third-order valence-corrected chi connectivity index (χ3v) is 2.00. The van der Waals surface area contributed by atoms with Gasteiger partial charge in [0.25, 0.3) is 5.91 Å². The summed E-state index contributed by atoms with van der Waals surface area (Å²) >= 11 is 5.73. The molecule has 0 radical (unpaired) electrons. The van der Waals surface area contributed by atoms with Crippen molar-refractivity contribution >= 4 is 23.3 Å². The fraction of sp³-hybridized carbons (Fsp3) is 0. The minimum Gasteiger partial charge on any atom is -0.357 e. The number of halogens is 1. The highest BCUT2D eigenvalue weighted by atomic mass is 35.5. The van der Waals surface area contributed by atoms with Crippen LogP contribution in [0, 0.1) is 0 Å². The van der Waals surface area contributed by atoms with E-state index in [1.807, 2.05) is 0 Å². The van der Waals surface area contributed by atoms with Crippen molar-refractivity contribution < 1.29 is 4.79 Å². The molecule has 0 aliphatic rings. The van der Waals surface area contributed by atoms with E-state index >= 15 is 0 Å². The normalized spacial score (nSPS) is 9.93. The van der Waals surface area contributed by atoms with Crippen LogP contribution in [0.2, 0.25) is 5.15 Å². The number of hydrogen-bond donors (Lipinski definition) is 2. The summed E-state index contributed by atoms with van der Waals surface area (Å²) in [6.45, 7) is 0. The van der Waals surface area contributed by atoms with Crippen LogP contribution >= 0.6 is 11.6 Å². The maximum atomic E-state index is 11.6. The fourth-order valence-corrected chi connectivity index (χ4v) is 1.20. The minimum absolute atomic E-state index is 0.164. The van der Waals surface area contributed by atoms with E-state index in [0.29, 0.717) is 5.69 Å². The highest BCUT2D eigenvalue weighted by molar-refractivity contribution is 6.32. The summed E-state index contributed by atoms with van der Waals surface area (Å²) in [7, 11) is 0. The summed E-state index contributed by atoms with van der Waals surface area (Å²) in [5, 5.41) is 2.70. The molecular weight excluding hydrogens is 216 g/mol. The van der Waals surface area contributed by atoms with E-state index < -0.39 is 0 Å². The lowest BCUT2D eigenvalue weighted by Gasteiger charge is -2.02. The summed E-state index contributed by atoms with van der Waals surface area (Å²) in [4.78, 5) is 22.0. The van der Waals surface area contributed by atoms with E-state index in [2.05, 4.69) is 20.3 Å². The third-order valence-electron chi connectivity index (χ3n) is 1.73. The van der Waals surface area contributed by atoms with Crippen molar-refractivity contribution in [2.75, 3.05) is 5.32 Å². The van der Waals surface area contributed by atoms with Crippen molar-refractivity contribution in [1.29, 1.82) is 0 Å². The number of anilines is 1. The Morgan fingerprint density at radius 3 is 2.87 bits per heavy atom. The maximum Gasteiger partial charge on any atom is 0.273 e. The molecule has 2 N–H and O–H groups in total. The molecule has 2 heterocycles. The predicted octanol–water partition coefficient (Wildman–Crippen LogP) is 1.71. The Morgan fingerprint density at radius 2 is 2.20 bits per heavy atom. The van der Waals surface area contributed by atoms with Gasteiger partial charge in [0.1, 0.15) is 5.69 Å². The van der Waals surface area contributed by atoms with Crippen LogP contribution in [0.25, 0.3) is 0 Å². The lowest BCUT2D eigenvalue weighted by molar-refractivity contribution is 0.102. The molecule has 0 aliphatic heterocycles. The van der Waals surface area contributed by atoms with Crippen molar-refractivity contribution in [3.63, 3.8) is 0 Å². The molecular formula is C9H7ClN4O. The second kappa shape index (κ2) is 4.10. The highest BCUT2D eigenvalue weighted by Gasteiger charge is 2.09. The van der Waals surface area contributed by atoms with E-state index in [1.54, 1.807) is 18.3 Å². The summed E-state index contributed by atoms with van der Waals surface area (Å²) < 4.78 is 0. The van der Waals surface area contributed by atoms with Gasteiger partial charge in [0, 0.05) is 18.6 Å². The quantitative estimate of drug-likeness (QED) is 0.813. The van der Waals surface area contributed by atoms with Gasteiger partial charge >= 0.3 is 0 Å². The highest BCUT2D eigenvalue weighted by Crippen LogP contribution is 2.14. The smallest absolute Gasteiger partial charge is 0.273 e. The zero-order chi connectivity index (χ0) is 10.7. The van der Waals surface area contributed by atoms with Crippen LogP contribution < -0.4 is 5.32 Å². The molecule has 1 amide bonds. The summed E-state index contributed by atoms with van der Waals surface area (Å²) in [5.74, 6) is -0.0545. The molecule has 2 aromatic rings. The van der Waals surface area contributed by atoms with Crippen molar-refractivity contribution in [1.82, 2.24) is 15.0 Å². The molecule has 0 unspecified atom stereocenters. The Bertz CT molecular complexity index is 469. The van der Waals surface area contributed by atoms with Gasteiger partial charge in [0.2, 0.25) is 0 Å². The van der Waals surface area contributed by atoms with Gasteiger partial charge in [-0.3, -0.25) is 4.79 Å². The van der Waals surface area contributed by atoms with Gasteiger partial charge in [-0.1, -0.05) is 11.6 Å². The van der Waals surface area contributed by atoms with Gasteiger partial charge in [-0.25, -0.2) is 9.97 Å². The molecule has 0 saturated heterocycles. The molecule has 0 aromatic carbocycles. The molecule has 6 heteroatoms. The van der Waals surface area contributed by atoms with Gasteiger partial charge in [-0.2, -0.15) is 0 Å². The number of aromatic amines is 1. The molecule has 0 aliphatic carbocycles. The van der Waals surface area contributed by atoms with Gasteiger partial charge < -0.3 is 10.3 Å². The topological polar surface area (TPSA) is 70.7 Å². The maximum absolute atomic E-state index is 11.6. The molecule has 2 rings (SSSR count).